The van der Waals surface area contributed by atoms with Crippen LogP contribution >= 0.6 is 22.6 Å². The summed E-state index contributed by atoms with van der Waals surface area (Å²) in [5, 5.41) is 8.55. The molecule has 2 aromatic rings. The Morgan fingerprint density at radius 1 is 0.882 bits per heavy atom. The first-order chi connectivity index (χ1) is 8.15. The predicted molar refractivity (Wildman–Crippen MR) is 79.3 cm³/mol. The number of hydrogen-bond donors (Lipinski definition) is 0. The predicted octanol–water partition coefficient (Wildman–Crippen LogP) is 5.32. The van der Waals surface area contributed by atoms with E-state index in [2.05, 4.69) is 64.9 Å². The fourth-order valence-electron chi connectivity index (χ4n) is 1.50. The van der Waals surface area contributed by atoms with Crippen molar-refractivity contribution in [2.45, 2.75) is 13.8 Å². The van der Waals surface area contributed by atoms with Crippen molar-refractivity contribution in [3.63, 3.8) is 0 Å². The molecular weight excluding hydrogens is 323 g/mol. The van der Waals surface area contributed by atoms with Gasteiger partial charge in [-0.3, -0.25) is 0 Å². The average molecular weight is 336 g/mol. The molecule has 17 heavy (non-hydrogen) atoms. The van der Waals surface area contributed by atoms with E-state index in [-0.39, 0.29) is 0 Å². The van der Waals surface area contributed by atoms with Gasteiger partial charge in [-0.05, 0) is 71.8 Å². The van der Waals surface area contributed by atoms with Crippen molar-refractivity contribution in [3.05, 3.63) is 57.2 Å². The maximum atomic E-state index is 4.30. The van der Waals surface area contributed by atoms with E-state index in [9.17, 15) is 0 Å². The Labute approximate surface area is 115 Å². The highest BCUT2D eigenvalue weighted by Crippen LogP contribution is 2.25. The highest BCUT2D eigenvalue weighted by Gasteiger charge is 1.98. The highest BCUT2D eigenvalue weighted by atomic mass is 127. The molecule has 0 aromatic heterocycles. The molecule has 0 amide bonds. The summed E-state index contributed by atoms with van der Waals surface area (Å²) >= 11 is 2.27. The Hall–Kier alpha value is -1.23. The summed E-state index contributed by atoms with van der Waals surface area (Å²) in [6.07, 6.45) is 0. The maximum Gasteiger partial charge on any atom is 0.0992 e. The maximum absolute atomic E-state index is 4.30. The molecule has 0 aliphatic rings. The monoisotopic (exact) mass is 336 g/mol. The van der Waals surface area contributed by atoms with Gasteiger partial charge in [0.1, 0.15) is 0 Å². The number of azo groups is 1. The first kappa shape index (κ1) is 12.2. The van der Waals surface area contributed by atoms with Crippen molar-refractivity contribution in [2.24, 2.45) is 10.2 Å². The zero-order valence-corrected chi connectivity index (χ0v) is 12.0. The zero-order valence-electron chi connectivity index (χ0n) is 9.81. The fraction of sp³-hybridized carbons (Fsp3) is 0.143. The van der Waals surface area contributed by atoms with Gasteiger partial charge in [0.25, 0.3) is 0 Å². The molecule has 3 heteroatoms. The molecule has 0 aliphatic carbocycles. The van der Waals surface area contributed by atoms with E-state index in [4.69, 9.17) is 0 Å². The Kier molecular flexibility index (Phi) is 3.89. The third-order valence-electron chi connectivity index (χ3n) is 2.38. The van der Waals surface area contributed by atoms with Crippen LogP contribution in [0.5, 0.6) is 0 Å². The number of rotatable bonds is 2. The summed E-state index contributed by atoms with van der Waals surface area (Å²) in [6.45, 7) is 4.11. The molecule has 2 nitrogen and oxygen atoms in total. The Morgan fingerprint density at radius 3 is 2.41 bits per heavy atom. The van der Waals surface area contributed by atoms with Gasteiger partial charge in [0, 0.05) is 3.57 Å². The second-order valence-corrected chi connectivity index (χ2v) is 5.16. The summed E-state index contributed by atoms with van der Waals surface area (Å²) in [5.41, 5.74) is 4.21. The van der Waals surface area contributed by atoms with Crippen molar-refractivity contribution in [2.75, 3.05) is 0 Å². The SMILES string of the molecule is Cc1cccc(N=Nc2cc(C)ccc2I)c1. The average Bonchev–Trinajstić information content (AvgIpc) is 2.30. The second kappa shape index (κ2) is 5.40. The lowest BCUT2D eigenvalue weighted by molar-refractivity contribution is 1.21. The first-order valence-corrected chi connectivity index (χ1v) is 6.47. The summed E-state index contributed by atoms with van der Waals surface area (Å²) in [6, 6.07) is 14.2. The lowest BCUT2D eigenvalue weighted by Crippen LogP contribution is -1.75. The van der Waals surface area contributed by atoms with Gasteiger partial charge in [-0.25, -0.2) is 0 Å². The lowest BCUT2D eigenvalue weighted by Gasteiger charge is -1.99. The van der Waals surface area contributed by atoms with Crippen LogP contribution in [0.2, 0.25) is 0 Å². The smallest absolute Gasteiger partial charge is 0.0992 e. The minimum absolute atomic E-state index is 0.891. The van der Waals surface area contributed by atoms with E-state index in [1.54, 1.807) is 0 Å². The molecule has 0 N–H and O–H groups in total. The van der Waals surface area contributed by atoms with Crippen LogP contribution in [0.1, 0.15) is 11.1 Å². The van der Waals surface area contributed by atoms with Crippen molar-refractivity contribution in [3.8, 4) is 0 Å². The van der Waals surface area contributed by atoms with E-state index < -0.39 is 0 Å². The van der Waals surface area contributed by atoms with Gasteiger partial charge in [-0.15, -0.1) is 5.11 Å². The first-order valence-electron chi connectivity index (χ1n) is 5.40. The second-order valence-electron chi connectivity index (χ2n) is 3.99. The highest BCUT2D eigenvalue weighted by molar-refractivity contribution is 14.1. The quantitative estimate of drug-likeness (QED) is 0.524. The minimum atomic E-state index is 0.891. The van der Waals surface area contributed by atoms with Crippen molar-refractivity contribution >= 4 is 34.0 Å². The molecule has 86 valence electrons. The third kappa shape index (κ3) is 3.36. The Balaban J connectivity index is 2.29. The van der Waals surface area contributed by atoms with Crippen LogP contribution in [0.4, 0.5) is 11.4 Å². The van der Waals surface area contributed by atoms with E-state index >= 15 is 0 Å². The molecule has 2 aromatic carbocycles. The molecule has 0 radical (unpaired) electrons. The summed E-state index contributed by atoms with van der Waals surface area (Å²) in [5.74, 6) is 0. The lowest BCUT2D eigenvalue weighted by atomic mass is 10.2. The normalized spacial score (nSPS) is 11.0. The van der Waals surface area contributed by atoms with Crippen LogP contribution in [-0.2, 0) is 0 Å². The van der Waals surface area contributed by atoms with Gasteiger partial charge < -0.3 is 0 Å². The summed E-state index contributed by atoms with van der Waals surface area (Å²) in [4.78, 5) is 0. The Bertz CT molecular complexity index is 562. The number of benzene rings is 2. The van der Waals surface area contributed by atoms with E-state index in [1.165, 1.54) is 11.1 Å². The molecule has 0 bridgehead atoms. The standard InChI is InChI=1S/C14H13IN2/c1-10-4-3-5-12(8-10)16-17-14-9-11(2)6-7-13(14)15/h3-9H,1-2H3. The number of hydrogen-bond acceptors (Lipinski definition) is 2. The van der Waals surface area contributed by atoms with Gasteiger partial charge in [0.15, 0.2) is 0 Å². The molecule has 0 atom stereocenters. The minimum Gasteiger partial charge on any atom is -0.151 e. The molecule has 0 heterocycles. The molecular formula is C14H13IN2. The number of nitrogens with zero attached hydrogens (tertiary/aromatic N) is 2. The van der Waals surface area contributed by atoms with Gasteiger partial charge in [0.2, 0.25) is 0 Å². The van der Waals surface area contributed by atoms with E-state index in [0.29, 0.717) is 0 Å². The van der Waals surface area contributed by atoms with Gasteiger partial charge in [-0.1, -0.05) is 18.2 Å². The number of aryl methyl sites for hydroxylation is 2. The summed E-state index contributed by atoms with van der Waals surface area (Å²) < 4.78 is 1.12. The van der Waals surface area contributed by atoms with Crippen molar-refractivity contribution in [1.29, 1.82) is 0 Å². The summed E-state index contributed by atoms with van der Waals surface area (Å²) in [7, 11) is 0. The van der Waals surface area contributed by atoms with Gasteiger partial charge in [-0.2, -0.15) is 5.11 Å². The molecule has 0 unspecified atom stereocenters. The molecule has 0 fully saturated rings. The molecule has 0 aliphatic heterocycles. The van der Waals surface area contributed by atoms with Gasteiger partial charge in [0.05, 0.1) is 11.4 Å². The van der Waals surface area contributed by atoms with Crippen LogP contribution in [-0.4, -0.2) is 0 Å². The van der Waals surface area contributed by atoms with Crippen molar-refractivity contribution < 1.29 is 0 Å². The number of halogens is 1. The molecule has 0 saturated heterocycles. The van der Waals surface area contributed by atoms with Crippen LogP contribution in [0.3, 0.4) is 0 Å². The van der Waals surface area contributed by atoms with E-state index in [1.807, 2.05) is 24.3 Å². The third-order valence-corrected chi connectivity index (χ3v) is 3.29. The van der Waals surface area contributed by atoms with Crippen LogP contribution in [0.15, 0.2) is 52.7 Å². The van der Waals surface area contributed by atoms with Gasteiger partial charge >= 0.3 is 0 Å². The molecule has 2 rings (SSSR count). The van der Waals surface area contributed by atoms with Crippen molar-refractivity contribution in [1.82, 2.24) is 0 Å². The Morgan fingerprint density at radius 2 is 1.65 bits per heavy atom. The topological polar surface area (TPSA) is 24.7 Å². The van der Waals surface area contributed by atoms with Crippen LogP contribution in [0, 0.1) is 17.4 Å². The van der Waals surface area contributed by atoms with E-state index in [0.717, 1.165) is 14.9 Å². The van der Waals surface area contributed by atoms with Crippen LogP contribution < -0.4 is 0 Å². The van der Waals surface area contributed by atoms with Crippen LogP contribution in [0.25, 0.3) is 0 Å². The zero-order chi connectivity index (χ0) is 12.3. The molecule has 0 spiro atoms. The molecule has 0 saturated carbocycles. The fourth-order valence-corrected chi connectivity index (χ4v) is 1.94. The largest absolute Gasteiger partial charge is 0.151 e.